The standard InChI is InChI=1S/C14H19BN4O6.C8H11N3O4.C6H10BNO3.CH4/c1-8(2)12(17-7-15-22)13(20)24-6-11-23-5-10(25-11)19-4-3-9(16)18-14(19)21;9-5-1-2-11(8(13)10-5)6-4-14-7(3-12)15-6;1-4(2)5(6(9)10)8-3-7-11;/h3-4,7-8,10-12H,5-6H2,1-2H3,(H2,16,18,21);1-2,6-7,12H,3-4H2,(H2,9,10,13);3-5H,1-2H3,(H,9,10);1H4/t10-,11-,12-;6-,7-;5-;/m000./s1. The SMILES string of the molecule is C.CC(C)[C@H](N=CB=O)C(=O)O.CC(C)[C@H](N=CB=O)C(=O)OC[C@H]1OC[C@@H](n2ccc(N)nc2=O)O1.Nc1ccn([C@@H]2CO[C@H](CO)O2)c(=O)n1. The molecule has 0 bridgehead atoms. The van der Waals surface area contributed by atoms with Gasteiger partial charge in [0.05, 0.1) is 13.2 Å². The number of nitrogens with zero attached hydrogens (tertiary/aromatic N) is 6. The van der Waals surface area contributed by atoms with Gasteiger partial charge >= 0.3 is 202 Å². The van der Waals surface area contributed by atoms with E-state index >= 15 is 0 Å². The molecule has 52 heavy (non-hydrogen) atoms. The predicted octanol–water partition coefficient (Wildman–Crippen LogP) is -1.16. The van der Waals surface area contributed by atoms with Gasteiger partial charge in [0.1, 0.15) is 11.6 Å². The van der Waals surface area contributed by atoms with Crippen molar-refractivity contribution >= 4 is 50.1 Å². The van der Waals surface area contributed by atoms with Gasteiger partial charge in [-0.2, -0.15) is 4.98 Å². The Kier molecular flexibility index (Phi) is 19.9. The number of nitrogen functional groups attached to an aromatic ring is 2. The number of aromatic nitrogens is 4. The van der Waals surface area contributed by atoms with Gasteiger partial charge < -0.3 is 26.0 Å². The second kappa shape index (κ2) is 22.9. The second-order valence-corrected chi connectivity index (χ2v) is 11.2. The van der Waals surface area contributed by atoms with Crippen molar-refractivity contribution in [3.63, 3.8) is 0 Å². The Bertz CT molecular complexity index is 1640. The molecule has 2 aromatic rings. The van der Waals surface area contributed by atoms with E-state index in [0.29, 0.717) is 14.3 Å². The number of aliphatic carboxylic acids is 1. The van der Waals surface area contributed by atoms with Gasteiger partial charge in [-0.3, -0.25) is 4.57 Å². The number of carboxylic acid groups (broad SMARTS) is 1. The van der Waals surface area contributed by atoms with Crippen molar-refractivity contribution in [1.82, 2.24) is 19.1 Å². The molecule has 0 radical (unpaired) electrons. The summed E-state index contributed by atoms with van der Waals surface area (Å²) >= 11 is 0. The average molecular weight is 734 g/mol. The zero-order chi connectivity index (χ0) is 38.1. The van der Waals surface area contributed by atoms with Crippen molar-refractivity contribution < 1.29 is 52.9 Å². The van der Waals surface area contributed by atoms with E-state index in [1.807, 2.05) is 0 Å². The minimum Gasteiger partial charge on any atom is -0.391 e. The van der Waals surface area contributed by atoms with Crippen LogP contribution in [-0.2, 0) is 42.7 Å². The number of rotatable bonds is 13. The maximum absolute atomic E-state index is 12.0. The van der Waals surface area contributed by atoms with Gasteiger partial charge in [0.2, 0.25) is 0 Å². The van der Waals surface area contributed by atoms with Gasteiger partial charge in [-0.15, -0.1) is 0 Å². The topological polar surface area (TPSA) is 301 Å². The van der Waals surface area contributed by atoms with Crippen molar-refractivity contribution in [2.75, 3.05) is 37.9 Å². The Hall–Kier alpha value is -4.83. The summed E-state index contributed by atoms with van der Waals surface area (Å²) in [6, 6.07) is 1.37. The Labute approximate surface area is 299 Å². The van der Waals surface area contributed by atoms with E-state index < -0.39 is 60.4 Å². The van der Waals surface area contributed by atoms with Crippen LogP contribution in [0.3, 0.4) is 0 Å². The number of anilines is 2. The van der Waals surface area contributed by atoms with E-state index in [0.717, 1.165) is 12.2 Å². The van der Waals surface area contributed by atoms with Gasteiger partial charge in [0.15, 0.2) is 12.5 Å². The molecule has 21 nitrogen and oxygen atoms in total. The summed E-state index contributed by atoms with van der Waals surface area (Å²) in [5.74, 6) is -1.55. The fourth-order valence-electron chi connectivity index (χ4n) is 4.17. The van der Waals surface area contributed by atoms with Gasteiger partial charge in [0.25, 0.3) is 0 Å². The number of hydrogen-bond acceptors (Lipinski definition) is 18. The molecule has 4 heterocycles. The van der Waals surface area contributed by atoms with Crippen LogP contribution in [0.25, 0.3) is 0 Å². The first kappa shape index (κ1) is 45.2. The van der Waals surface area contributed by atoms with E-state index in [1.54, 1.807) is 27.7 Å². The van der Waals surface area contributed by atoms with Crippen molar-refractivity contribution in [3.8, 4) is 0 Å². The number of aliphatic hydroxyl groups is 1. The number of hydrogen-bond donors (Lipinski definition) is 4. The molecule has 0 spiro atoms. The Balaban J connectivity index is 0.000000426. The number of nitrogens with two attached hydrogens (primary N) is 2. The van der Waals surface area contributed by atoms with E-state index in [2.05, 4.69) is 20.0 Å². The van der Waals surface area contributed by atoms with Crippen LogP contribution < -0.4 is 22.8 Å². The van der Waals surface area contributed by atoms with Gasteiger partial charge in [-0.1, -0.05) is 7.43 Å². The molecule has 23 heteroatoms. The predicted molar refractivity (Wildman–Crippen MR) is 185 cm³/mol. The molecule has 2 fully saturated rings. The first-order valence-electron chi connectivity index (χ1n) is 15.4. The van der Waals surface area contributed by atoms with E-state index in [9.17, 15) is 28.6 Å². The molecule has 2 aliphatic heterocycles. The summed E-state index contributed by atoms with van der Waals surface area (Å²) < 4.78 is 49.0. The van der Waals surface area contributed by atoms with Gasteiger partial charge in [-0.05, 0) is 6.07 Å². The average Bonchev–Trinajstić information content (AvgIpc) is 3.74. The van der Waals surface area contributed by atoms with Crippen molar-refractivity contribution in [3.05, 3.63) is 45.5 Å². The van der Waals surface area contributed by atoms with Crippen LogP contribution in [0.5, 0.6) is 0 Å². The molecule has 4 rings (SSSR count). The summed E-state index contributed by atoms with van der Waals surface area (Å²) in [7, 11) is 0.965. The molecule has 0 saturated carbocycles. The molecule has 6 N–H and O–H groups in total. The minimum atomic E-state index is -1.00. The molecular formula is C29H44B2N8O13. The second-order valence-electron chi connectivity index (χ2n) is 11.2. The summed E-state index contributed by atoms with van der Waals surface area (Å²) in [4.78, 5) is 60.2. The molecule has 2 aliphatic rings. The molecule has 0 amide bonds. The fourth-order valence-corrected chi connectivity index (χ4v) is 4.17. The third-order valence-corrected chi connectivity index (χ3v) is 6.67. The molecular weight excluding hydrogens is 690 g/mol. The number of carbonyl (C=O) groups excluding carboxylic acids is 1. The van der Waals surface area contributed by atoms with Crippen LogP contribution >= 0.6 is 0 Å². The summed E-state index contributed by atoms with van der Waals surface area (Å²) in [6.45, 7) is 6.95. The van der Waals surface area contributed by atoms with Crippen molar-refractivity contribution in [1.29, 1.82) is 0 Å². The van der Waals surface area contributed by atoms with E-state index in [1.165, 1.54) is 33.7 Å². The van der Waals surface area contributed by atoms with Crippen LogP contribution in [0.1, 0.15) is 47.6 Å². The third-order valence-electron chi connectivity index (χ3n) is 6.67. The molecule has 284 valence electrons. The molecule has 0 aromatic carbocycles. The number of aliphatic imine (C=N–C) groups is 2. The molecule has 6 atom stereocenters. The fraction of sp³-hybridized carbons (Fsp3) is 0.586. The largest absolute Gasteiger partial charge is 0.391 e. The summed E-state index contributed by atoms with van der Waals surface area (Å²) in [5, 5.41) is 17.3. The first-order valence-corrected chi connectivity index (χ1v) is 15.4. The maximum atomic E-state index is 12.0. The van der Waals surface area contributed by atoms with Gasteiger partial charge in [-0.25, -0.2) is 4.79 Å². The molecule has 2 saturated heterocycles. The molecule has 0 aliphatic carbocycles. The molecule has 2 aromatic heterocycles. The number of carboxylic acids is 1. The van der Waals surface area contributed by atoms with Gasteiger partial charge in [0, 0.05) is 6.20 Å². The Morgan fingerprint density at radius 3 is 1.73 bits per heavy atom. The molecule has 0 unspecified atom stereocenters. The monoisotopic (exact) mass is 734 g/mol. The number of esters is 1. The number of ether oxygens (including phenoxy) is 5. The third kappa shape index (κ3) is 14.4. The quantitative estimate of drug-likeness (QED) is 0.107. The Morgan fingerprint density at radius 1 is 0.904 bits per heavy atom. The van der Waals surface area contributed by atoms with Crippen LogP contribution in [0.15, 0.2) is 44.1 Å². The van der Waals surface area contributed by atoms with E-state index in [-0.39, 0.29) is 57.3 Å². The van der Waals surface area contributed by atoms with Crippen LogP contribution in [-0.4, -0.2) is 119 Å². The van der Waals surface area contributed by atoms with Crippen molar-refractivity contribution in [2.45, 2.75) is 72.2 Å². The smallest absolute Gasteiger partial charge is 0.351 e. The van der Waals surface area contributed by atoms with Crippen LogP contribution in [0, 0.1) is 11.8 Å². The van der Waals surface area contributed by atoms with Crippen molar-refractivity contribution in [2.24, 2.45) is 21.8 Å². The minimum absolute atomic E-state index is 0. The summed E-state index contributed by atoms with van der Waals surface area (Å²) in [6.07, 6.45) is 2.19. The summed E-state index contributed by atoms with van der Waals surface area (Å²) in [5.41, 5.74) is 9.72. The zero-order valence-corrected chi connectivity index (χ0v) is 28.3. The maximum Gasteiger partial charge on any atom is 0.351 e. The van der Waals surface area contributed by atoms with E-state index in [4.69, 9.17) is 45.4 Å². The number of carbonyl (C=O) groups is 2. The number of aliphatic hydroxyl groups excluding tert-OH is 1. The first-order chi connectivity index (χ1) is 24.2. The zero-order valence-electron chi connectivity index (χ0n) is 28.3. The van der Waals surface area contributed by atoms with Crippen LogP contribution in [0.2, 0.25) is 0 Å². The Morgan fingerprint density at radius 2 is 1.35 bits per heavy atom. The van der Waals surface area contributed by atoms with Crippen LogP contribution in [0.4, 0.5) is 11.6 Å². The normalized spacial score (nSPS) is 20.5.